The third-order valence-corrected chi connectivity index (χ3v) is 3.76. The minimum absolute atomic E-state index is 0.0575. The number of alkyl carbamates (subject to hydrolysis) is 1. The van der Waals surface area contributed by atoms with Crippen LogP contribution in [-0.2, 0) is 20.7 Å². The molecule has 1 amide bonds. The van der Waals surface area contributed by atoms with Gasteiger partial charge in [0, 0.05) is 0 Å². The fourth-order valence-electron chi connectivity index (χ4n) is 2.56. The van der Waals surface area contributed by atoms with E-state index in [-0.39, 0.29) is 13.0 Å². The third kappa shape index (κ3) is 9.02. The summed E-state index contributed by atoms with van der Waals surface area (Å²) in [6.07, 6.45) is -5.07. The molecule has 0 bridgehead atoms. The molecule has 0 aromatic heterocycles. The molecule has 1 rings (SSSR count). The monoisotopic (exact) mass is 415 g/mol. The standard InChI is InChI=1S/C21H28F3NO4/c1-6-28-18(26)14(2)12-16(21(22,23)24)17(13-15-10-8-7-9-11-15)25-19(27)29-20(3,4)5/h7-12,14,17H,6,13H2,1-5H3,(H,25,27)/b16-12+/t14-,17+/m1/s1. The molecule has 1 aromatic carbocycles. The van der Waals surface area contributed by atoms with Gasteiger partial charge in [-0.25, -0.2) is 4.79 Å². The molecule has 2 atom stereocenters. The zero-order valence-electron chi connectivity index (χ0n) is 17.3. The molecule has 0 saturated carbocycles. The van der Waals surface area contributed by atoms with Crippen LogP contribution in [-0.4, -0.2) is 36.5 Å². The van der Waals surface area contributed by atoms with E-state index < -0.39 is 41.4 Å². The van der Waals surface area contributed by atoms with Crippen LogP contribution < -0.4 is 5.32 Å². The van der Waals surface area contributed by atoms with Crippen LogP contribution in [0.5, 0.6) is 0 Å². The average molecular weight is 415 g/mol. The van der Waals surface area contributed by atoms with Crippen LogP contribution in [0.25, 0.3) is 0 Å². The number of carbonyl (C=O) groups excluding carboxylic acids is 2. The maximum atomic E-state index is 13.9. The van der Waals surface area contributed by atoms with Gasteiger partial charge in [-0.1, -0.05) is 36.4 Å². The molecule has 0 saturated heterocycles. The minimum Gasteiger partial charge on any atom is -0.466 e. The van der Waals surface area contributed by atoms with Gasteiger partial charge in [0.2, 0.25) is 0 Å². The van der Waals surface area contributed by atoms with Crippen molar-refractivity contribution < 1.29 is 32.2 Å². The van der Waals surface area contributed by atoms with E-state index in [4.69, 9.17) is 9.47 Å². The van der Waals surface area contributed by atoms with Gasteiger partial charge in [0.15, 0.2) is 0 Å². The summed E-state index contributed by atoms with van der Waals surface area (Å²) in [4.78, 5) is 24.0. The predicted molar refractivity (Wildman–Crippen MR) is 103 cm³/mol. The molecule has 0 heterocycles. The number of hydrogen-bond acceptors (Lipinski definition) is 4. The maximum Gasteiger partial charge on any atom is 0.414 e. The van der Waals surface area contributed by atoms with E-state index in [0.29, 0.717) is 5.56 Å². The smallest absolute Gasteiger partial charge is 0.414 e. The highest BCUT2D eigenvalue weighted by Gasteiger charge is 2.40. The van der Waals surface area contributed by atoms with Crippen LogP contribution in [0.2, 0.25) is 0 Å². The fourth-order valence-corrected chi connectivity index (χ4v) is 2.56. The summed E-state index contributed by atoms with van der Waals surface area (Å²) < 4.78 is 51.5. The van der Waals surface area contributed by atoms with Crippen LogP contribution in [0.3, 0.4) is 0 Å². The summed E-state index contributed by atoms with van der Waals surface area (Å²) in [5.41, 5.74) is -1.32. The van der Waals surface area contributed by atoms with Gasteiger partial charge in [-0.15, -0.1) is 0 Å². The zero-order chi connectivity index (χ0) is 22.2. The predicted octanol–water partition coefficient (Wildman–Crippen LogP) is 4.81. The molecule has 0 unspecified atom stereocenters. The lowest BCUT2D eigenvalue weighted by molar-refractivity contribution is -0.145. The normalized spacial score (nSPS) is 14.7. The number of nitrogens with one attached hydrogen (secondary N) is 1. The first-order valence-electron chi connectivity index (χ1n) is 9.32. The lowest BCUT2D eigenvalue weighted by Crippen LogP contribution is -2.44. The third-order valence-electron chi connectivity index (χ3n) is 3.76. The average Bonchev–Trinajstić information content (AvgIpc) is 2.57. The molecule has 0 aliphatic carbocycles. The highest BCUT2D eigenvalue weighted by molar-refractivity contribution is 5.74. The van der Waals surface area contributed by atoms with Gasteiger partial charge in [0.05, 0.1) is 24.1 Å². The van der Waals surface area contributed by atoms with E-state index in [0.717, 1.165) is 6.08 Å². The molecule has 0 radical (unpaired) electrons. The number of amides is 1. The van der Waals surface area contributed by atoms with Gasteiger partial charge >= 0.3 is 18.2 Å². The number of rotatable bonds is 7. The highest BCUT2D eigenvalue weighted by Crippen LogP contribution is 2.31. The number of carbonyl (C=O) groups is 2. The summed E-state index contributed by atoms with van der Waals surface area (Å²) >= 11 is 0. The summed E-state index contributed by atoms with van der Waals surface area (Å²) in [5, 5.41) is 2.30. The molecule has 162 valence electrons. The second-order valence-electron chi connectivity index (χ2n) is 7.55. The number of halogens is 3. The van der Waals surface area contributed by atoms with Crippen LogP contribution in [0.15, 0.2) is 42.0 Å². The van der Waals surface area contributed by atoms with E-state index in [2.05, 4.69) is 5.32 Å². The zero-order valence-corrected chi connectivity index (χ0v) is 17.3. The van der Waals surface area contributed by atoms with Crippen molar-refractivity contribution in [3.63, 3.8) is 0 Å². The summed E-state index contributed by atoms with van der Waals surface area (Å²) in [6.45, 7) is 7.78. The molecule has 0 fully saturated rings. The highest BCUT2D eigenvalue weighted by atomic mass is 19.4. The molecule has 1 aromatic rings. The fraction of sp³-hybridized carbons (Fsp3) is 0.524. The Morgan fingerprint density at radius 1 is 1.14 bits per heavy atom. The summed E-state index contributed by atoms with van der Waals surface area (Å²) in [7, 11) is 0. The Hall–Kier alpha value is -2.51. The molecule has 0 aliphatic heterocycles. The Kier molecular flexibility index (Phi) is 8.73. The topological polar surface area (TPSA) is 64.6 Å². The number of alkyl halides is 3. The van der Waals surface area contributed by atoms with Crippen LogP contribution in [0.4, 0.5) is 18.0 Å². The van der Waals surface area contributed by atoms with Gasteiger partial charge in [0.25, 0.3) is 0 Å². The molecule has 5 nitrogen and oxygen atoms in total. The van der Waals surface area contributed by atoms with Gasteiger partial charge < -0.3 is 14.8 Å². The van der Waals surface area contributed by atoms with E-state index in [1.807, 2.05) is 0 Å². The van der Waals surface area contributed by atoms with E-state index in [1.54, 1.807) is 58.0 Å². The van der Waals surface area contributed by atoms with E-state index in [1.165, 1.54) is 6.92 Å². The van der Waals surface area contributed by atoms with Crippen LogP contribution in [0, 0.1) is 5.92 Å². The molecular weight excluding hydrogens is 387 g/mol. The number of esters is 1. The summed E-state index contributed by atoms with van der Waals surface area (Å²) in [5.74, 6) is -1.91. The van der Waals surface area contributed by atoms with Crippen molar-refractivity contribution in [2.45, 2.75) is 58.9 Å². The second-order valence-corrected chi connectivity index (χ2v) is 7.55. The first kappa shape index (κ1) is 24.5. The Balaban J connectivity index is 3.27. The molecule has 0 aliphatic rings. The Labute approximate surface area is 169 Å². The molecule has 8 heteroatoms. The lowest BCUT2D eigenvalue weighted by atomic mass is 9.95. The Morgan fingerprint density at radius 2 is 1.72 bits per heavy atom. The SMILES string of the molecule is CCOC(=O)[C@H](C)/C=C(\[C@H](Cc1ccccc1)NC(=O)OC(C)(C)C)C(F)(F)F. The first-order chi connectivity index (χ1) is 13.3. The van der Waals surface area contributed by atoms with Crippen molar-refractivity contribution >= 4 is 12.1 Å². The number of hydrogen-bond donors (Lipinski definition) is 1. The summed E-state index contributed by atoms with van der Waals surface area (Å²) in [6, 6.07) is 7.00. The van der Waals surface area contributed by atoms with Crippen molar-refractivity contribution in [3.8, 4) is 0 Å². The van der Waals surface area contributed by atoms with Crippen LogP contribution >= 0.6 is 0 Å². The minimum atomic E-state index is -4.77. The number of benzene rings is 1. The largest absolute Gasteiger partial charge is 0.466 e. The van der Waals surface area contributed by atoms with Gasteiger partial charge in [-0.3, -0.25) is 4.79 Å². The quantitative estimate of drug-likeness (QED) is 0.513. The Morgan fingerprint density at radius 3 is 2.21 bits per heavy atom. The van der Waals surface area contributed by atoms with Gasteiger partial charge in [-0.05, 0) is 46.6 Å². The van der Waals surface area contributed by atoms with Crippen molar-refractivity contribution in [2.75, 3.05) is 6.61 Å². The van der Waals surface area contributed by atoms with Gasteiger partial charge in [-0.2, -0.15) is 13.2 Å². The molecule has 1 N–H and O–H groups in total. The van der Waals surface area contributed by atoms with Crippen molar-refractivity contribution in [3.05, 3.63) is 47.5 Å². The molecule has 0 spiro atoms. The lowest BCUT2D eigenvalue weighted by Gasteiger charge is -2.27. The van der Waals surface area contributed by atoms with Crippen molar-refractivity contribution in [2.24, 2.45) is 5.92 Å². The van der Waals surface area contributed by atoms with Crippen LogP contribution in [0.1, 0.15) is 40.2 Å². The van der Waals surface area contributed by atoms with E-state index in [9.17, 15) is 22.8 Å². The van der Waals surface area contributed by atoms with Gasteiger partial charge in [0.1, 0.15) is 5.60 Å². The van der Waals surface area contributed by atoms with E-state index >= 15 is 0 Å². The number of ether oxygens (including phenoxy) is 2. The molecular formula is C21H28F3NO4. The van der Waals surface area contributed by atoms with Crippen molar-refractivity contribution in [1.29, 1.82) is 0 Å². The van der Waals surface area contributed by atoms with Crippen molar-refractivity contribution in [1.82, 2.24) is 5.32 Å². The molecule has 29 heavy (non-hydrogen) atoms. The first-order valence-corrected chi connectivity index (χ1v) is 9.32. The maximum absolute atomic E-state index is 13.9. The Bertz CT molecular complexity index is 709. The second kappa shape index (κ2) is 10.3.